The Morgan fingerprint density at radius 2 is 1.80 bits per heavy atom. The lowest BCUT2D eigenvalue weighted by atomic mass is 9.99. The van der Waals surface area contributed by atoms with E-state index in [1.54, 1.807) is 0 Å². The van der Waals surface area contributed by atoms with E-state index in [-0.39, 0.29) is 35.1 Å². The highest BCUT2D eigenvalue weighted by Crippen LogP contribution is 2.12. The van der Waals surface area contributed by atoms with Crippen molar-refractivity contribution in [1.29, 1.82) is 0 Å². The molecule has 0 saturated heterocycles. The zero-order valence-corrected chi connectivity index (χ0v) is 6.48. The van der Waals surface area contributed by atoms with Crippen molar-refractivity contribution in [1.82, 2.24) is 0 Å². The lowest BCUT2D eigenvalue weighted by Gasteiger charge is -2.17. The maximum absolute atomic E-state index is 8.34. The summed E-state index contributed by atoms with van der Waals surface area (Å²) in [6.45, 7) is 7.60. The summed E-state index contributed by atoms with van der Waals surface area (Å²) in [6, 6.07) is 0. The molecule has 3 heteroatoms. The van der Waals surface area contributed by atoms with Gasteiger partial charge in [-0.05, 0) is 5.41 Å². The van der Waals surface area contributed by atoms with Gasteiger partial charge in [0.25, 0.3) is 0 Å². The van der Waals surface area contributed by atoms with Gasteiger partial charge in [-0.25, -0.2) is 0 Å². The molecule has 0 aromatic carbocycles. The van der Waals surface area contributed by atoms with Gasteiger partial charge >= 0.3 is 23.1 Å². The molecule has 0 aliphatic rings. The fraction of sp³-hybridized carbons (Fsp3) is 1.00. The molecule has 0 aromatic rings. The van der Waals surface area contributed by atoms with Gasteiger partial charge in [0.05, 0.1) is 19.8 Å². The molecule has 0 radical (unpaired) electrons. The van der Waals surface area contributed by atoms with Crippen molar-refractivity contribution in [2.75, 3.05) is 19.8 Å². The molecule has 0 heterocycles. The number of hydrogen-bond donors (Lipinski definition) is 1. The summed E-state index contributed by atoms with van der Waals surface area (Å²) in [5.74, 6) is 0. The van der Waals surface area contributed by atoms with E-state index in [1.807, 2.05) is 0 Å². The van der Waals surface area contributed by atoms with Crippen molar-refractivity contribution >= 4 is 23.1 Å². The highest BCUT2D eigenvalue weighted by atomic mass is 24.3. The summed E-state index contributed by atoms with van der Waals surface area (Å²) < 4.78 is 5.10. The molecule has 0 atom stereocenters. The Hall–Kier alpha value is 0.686. The average Bonchev–Trinajstić information content (AvgIpc) is 1.63. The molecule has 0 aliphatic carbocycles. The fourth-order valence-corrected chi connectivity index (χ4v) is 0.443. The largest absolute Gasteiger partial charge is 0.394 e. The van der Waals surface area contributed by atoms with Crippen LogP contribution in [0, 0.1) is 5.41 Å². The number of aliphatic hydroxyl groups is 1. The van der Waals surface area contributed by atoms with Gasteiger partial charge in [0.15, 0.2) is 0 Å². The summed E-state index contributed by atoms with van der Waals surface area (Å²) in [6.07, 6.45) is 0. The monoisotopic (exact) mass is 158 g/mol. The van der Waals surface area contributed by atoms with Gasteiger partial charge in [-0.15, -0.1) is 0 Å². The molecule has 0 spiro atoms. The predicted molar refractivity (Wildman–Crippen MR) is 45.9 cm³/mol. The smallest absolute Gasteiger partial charge is 0.316 e. The first kappa shape index (κ1) is 13.3. The van der Waals surface area contributed by atoms with Gasteiger partial charge < -0.3 is 9.84 Å². The Balaban J connectivity index is 0. The van der Waals surface area contributed by atoms with Gasteiger partial charge in [0, 0.05) is 0 Å². The van der Waals surface area contributed by atoms with E-state index < -0.39 is 0 Å². The summed E-state index contributed by atoms with van der Waals surface area (Å²) in [4.78, 5) is 0. The van der Waals surface area contributed by atoms with Crippen LogP contribution >= 0.6 is 0 Å². The van der Waals surface area contributed by atoms with Gasteiger partial charge in [-0.2, -0.15) is 0 Å². The molecule has 10 heavy (non-hydrogen) atoms. The Kier molecular flexibility index (Phi) is 8.50. The number of rotatable bonds is 3. The molecule has 0 unspecified atom stereocenters. The fourth-order valence-electron chi connectivity index (χ4n) is 0.443. The molecule has 2 nitrogen and oxygen atoms in total. The predicted octanol–water partition coefficient (Wildman–Crippen LogP) is 0.125. The van der Waals surface area contributed by atoms with Crippen LogP contribution in [-0.4, -0.2) is 48.0 Å². The van der Waals surface area contributed by atoms with E-state index in [2.05, 4.69) is 20.8 Å². The van der Waals surface area contributed by atoms with Crippen LogP contribution in [0.5, 0.6) is 0 Å². The minimum Gasteiger partial charge on any atom is -0.394 e. The molecular weight excluding hydrogens is 140 g/mol. The zero-order valence-electron chi connectivity index (χ0n) is 6.48. The standard InChI is InChI=1S/C7H16O2.Mg.2H/c1-7(2,3)6-9-5-4-8;;;/h8H,4-6H2,1-3H3;;;. The molecule has 0 rings (SSSR count). The van der Waals surface area contributed by atoms with Crippen molar-refractivity contribution < 1.29 is 9.84 Å². The van der Waals surface area contributed by atoms with Crippen molar-refractivity contribution in [3.05, 3.63) is 0 Å². The summed E-state index contributed by atoms with van der Waals surface area (Å²) >= 11 is 0. The first-order chi connectivity index (χ1) is 4.06. The van der Waals surface area contributed by atoms with Crippen LogP contribution in [-0.2, 0) is 4.74 Å². The normalized spacial score (nSPS) is 10.8. The minimum atomic E-state index is 0. The van der Waals surface area contributed by atoms with Crippen LogP contribution in [0.3, 0.4) is 0 Å². The second kappa shape index (κ2) is 6.40. The Labute approximate surface area is 79.1 Å². The number of ether oxygens (including phenoxy) is 1. The van der Waals surface area contributed by atoms with Crippen molar-refractivity contribution in [2.24, 2.45) is 5.41 Å². The second-order valence-electron chi connectivity index (χ2n) is 3.34. The maximum atomic E-state index is 8.34. The third kappa shape index (κ3) is 11.5. The SMILES string of the molecule is CC(C)(C)COCCO.[MgH2]. The van der Waals surface area contributed by atoms with E-state index in [0.717, 1.165) is 0 Å². The Bertz CT molecular complexity index is 68.5. The van der Waals surface area contributed by atoms with E-state index in [9.17, 15) is 0 Å². The molecule has 0 fully saturated rings. The Morgan fingerprint density at radius 1 is 1.30 bits per heavy atom. The van der Waals surface area contributed by atoms with Crippen LogP contribution in [0.25, 0.3) is 0 Å². The number of aliphatic hydroxyl groups excluding tert-OH is 1. The average molecular weight is 159 g/mol. The quantitative estimate of drug-likeness (QED) is 0.467. The summed E-state index contributed by atoms with van der Waals surface area (Å²) in [5.41, 5.74) is 0.217. The van der Waals surface area contributed by atoms with Crippen LogP contribution in [0.2, 0.25) is 0 Å². The van der Waals surface area contributed by atoms with Gasteiger partial charge in [-0.1, -0.05) is 20.8 Å². The van der Waals surface area contributed by atoms with Crippen molar-refractivity contribution in [3.63, 3.8) is 0 Å². The molecule has 0 bridgehead atoms. The maximum Gasteiger partial charge on any atom is 0.316 e. The van der Waals surface area contributed by atoms with E-state index in [1.165, 1.54) is 0 Å². The lowest BCUT2D eigenvalue weighted by molar-refractivity contribution is 0.0464. The zero-order chi connectivity index (χ0) is 7.33. The molecule has 0 aromatic heterocycles. The molecule has 0 saturated carbocycles. The van der Waals surface area contributed by atoms with Gasteiger partial charge in [-0.3, -0.25) is 0 Å². The van der Waals surface area contributed by atoms with E-state index in [0.29, 0.717) is 13.2 Å². The second-order valence-corrected chi connectivity index (χ2v) is 3.34. The van der Waals surface area contributed by atoms with Gasteiger partial charge in [0.2, 0.25) is 0 Å². The first-order valence-corrected chi connectivity index (χ1v) is 3.25. The van der Waals surface area contributed by atoms with Crippen LogP contribution in [0.15, 0.2) is 0 Å². The molecule has 0 amide bonds. The van der Waals surface area contributed by atoms with Crippen molar-refractivity contribution in [3.8, 4) is 0 Å². The van der Waals surface area contributed by atoms with Gasteiger partial charge in [0.1, 0.15) is 0 Å². The third-order valence-electron chi connectivity index (χ3n) is 0.771. The van der Waals surface area contributed by atoms with Crippen LogP contribution in [0.1, 0.15) is 20.8 Å². The molecule has 60 valence electrons. The summed E-state index contributed by atoms with van der Waals surface area (Å²) in [5, 5.41) is 8.34. The topological polar surface area (TPSA) is 29.5 Å². The first-order valence-electron chi connectivity index (χ1n) is 3.25. The van der Waals surface area contributed by atoms with Crippen LogP contribution < -0.4 is 0 Å². The molecular formula is C7H18MgO2. The van der Waals surface area contributed by atoms with Crippen LogP contribution in [0.4, 0.5) is 0 Å². The molecule has 1 N–H and O–H groups in total. The van der Waals surface area contributed by atoms with E-state index >= 15 is 0 Å². The van der Waals surface area contributed by atoms with Crippen molar-refractivity contribution in [2.45, 2.75) is 20.8 Å². The lowest BCUT2D eigenvalue weighted by Crippen LogP contribution is -2.15. The van der Waals surface area contributed by atoms with E-state index in [4.69, 9.17) is 9.84 Å². The Morgan fingerprint density at radius 3 is 2.10 bits per heavy atom. The molecule has 0 aliphatic heterocycles. The highest BCUT2D eigenvalue weighted by molar-refractivity contribution is 5.75. The third-order valence-corrected chi connectivity index (χ3v) is 0.771. The summed E-state index contributed by atoms with van der Waals surface area (Å²) in [7, 11) is 0. The number of hydrogen-bond acceptors (Lipinski definition) is 2. The minimum absolute atomic E-state index is 0. The highest BCUT2D eigenvalue weighted by Gasteiger charge is 2.08.